The number of aromatic nitrogens is 2. The van der Waals surface area contributed by atoms with Crippen LogP contribution in [0.15, 0.2) is 12.3 Å². The highest BCUT2D eigenvalue weighted by Gasteiger charge is 2.35. The molecule has 21 heavy (non-hydrogen) atoms. The van der Waals surface area contributed by atoms with E-state index in [-0.39, 0.29) is 5.41 Å². The molecule has 2 heterocycles. The van der Waals surface area contributed by atoms with Crippen molar-refractivity contribution >= 4 is 5.82 Å². The number of hydrogen-bond acceptors (Lipinski definition) is 4. The van der Waals surface area contributed by atoms with Gasteiger partial charge in [0.05, 0.1) is 6.10 Å². The van der Waals surface area contributed by atoms with Crippen LogP contribution in [0, 0.1) is 11.3 Å². The Balaban J connectivity index is 1.61. The number of rotatable bonds is 4. The van der Waals surface area contributed by atoms with Crippen LogP contribution in [-0.2, 0) is 4.74 Å². The van der Waals surface area contributed by atoms with Crippen LogP contribution in [0.4, 0.5) is 5.82 Å². The van der Waals surface area contributed by atoms with Gasteiger partial charge in [0, 0.05) is 31.2 Å². The highest BCUT2D eigenvalue weighted by molar-refractivity contribution is 5.34. The Morgan fingerprint density at radius 3 is 2.81 bits per heavy atom. The molecule has 1 N–H and O–H groups in total. The van der Waals surface area contributed by atoms with Crippen LogP contribution < -0.4 is 5.32 Å². The van der Waals surface area contributed by atoms with Crippen molar-refractivity contribution < 1.29 is 4.74 Å². The van der Waals surface area contributed by atoms with Gasteiger partial charge < -0.3 is 10.1 Å². The quantitative estimate of drug-likeness (QED) is 0.920. The molecule has 2 fully saturated rings. The van der Waals surface area contributed by atoms with Gasteiger partial charge in [0.25, 0.3) is 0 Å². The van der Waals surface area contributed by atoms with E-state index in [1.807, 2.05) is 12.3 Å². The standard InChI is InChI=1S/C17H27N3O/c1-17(2,3)15-13(5-4-10-21-15)11-19-14-8-9-18-16(20-14)12-6-7-12/h8-9,12-13,15H,4-7,10-11H2,1-3H3,(H,18,19,20). The van der Waals surface area contributed by atoms with Gasteiger partial charge in [-0.2, -0.15) is 0 Å². The molecule has 1 aliphatic heterocycles. The van der Waals surface area contributed by atoms with Crippen LogP contribution in [0.25, 0.3) is 0 Å². The Bertz CT molecular complexity index is 479. The molecule has 4 heteroatoms. The van der Waals surface area contributed by atoms with Crippen molar-refractivity contribution in [3.63, 3.8) is 0 Å². The zero-order valence-corrected chi connectivity index (χ0v) is 13.4. The van der Waals surface area contributed by atoms with Gasteiger partial charge in [0.2, 0.25) is 0 Å². The third-order valence-corrected chi connectivity index (χ3v) is 4.46. The zero-order valence-electron chi connectivity index (χ0n) is 13.4. The zero-order chi connectivity index (χ0) is 14.9. The van der Waals surface area contributed by atoms with Gasteiger partial charge in [0.15, 0.2) is 0 Å². The summed E-state index contributed by atoms with van der Waals surface area (Å²) in [6.07, 6.45) is 7.08. The van der Waals surface area contributed by atoms with Gasteiger partial charge in [-0.15, -0.1) is 0 Å². The first-order chi connectivity index (χ1) is 10.0. The van der Waals surface area contributed by atoms with E-state index in [1.54, 1.807) is 0 Å². The second kappa shape index (κ2) is 5.91. The minimum absolute atomic E-state index is 0.192. The van der Waals surface area contributed by atoms with Crippen LogP contribution in [0.3, 0.4) is 0 Å². The van der Waals surface area contributed by atoms with Crippen molar-refractivity contribution in [2.45, 2.75) is 58.5 Å². The van der Waals surface area contributed by atoms with E-state index in [4.69, 9.17) is 4.74 Å². The lowest BCUT2D eigenvalue weighted by molar-refractivity contribution is -0.0814. The Labute approximate surface area is 127 Å². The number of ether oxygens (including phenoxy) is 1. The normalized spacial score (nSPS) is 26.6. The molecule has 0 spiro atoms. The van der Waals surface area contributed by atoms with Gasteiger partial charge in [-0.05, 0) is 37.2 Å². The smallest absolute Gasteiger partial charge is 0.133 e. The molecule has 0 amide bonds. The Hall–Kier alpha value is -1.16. The van der Waals surface area contributed by atoms with Crippen molar-refractivity contribution in [2.75, 3.05) is 18.5 Å². The third kappa shape index (κ3) is 3.73. The molecule has 1 aliphatic carbocycles. The van der Waals surface area contributed by atoms with Crippen LogP contribution in [-0.4, -0.2) is 29.2 Å². The summed E-state index contributed by atoms with van der Waals surface area (Å²) < 4.78 is 6.04. The lowest BCUT2D eigenvalue weighted by Crippen LogP contribution is -2.42. The number of hydrogen-bond donors (Lipinski definition) is 1. The molecule has 116 valence electrons. The molecule has 1 aromatic rings. The molecule has 0 bridgehead atoms. The van der Waals surface area contributed by atoms with Gasteiger partial charge in [-0.1, -0.05) is 20.8 Å². The van der Waals surface area contributed by atoms with Crippen molar-refractivity contribution in [1.82, 2.24) is 9.97 Å². The minimum atomic E-state index is 0.192. The molecular weight excluding hydrogens is 262 g/mol. The summed E-state index contributed by atoms with van der Waals surface area (Å²) in [5.74, 6) is 3.13. The van der Waals surface area contributed by atoms with Gasteiger partial charge in [-0.25, -0.2) is 9.97 Å². The fourth-order valence-corrected chi connectivity index (χ4v) is 3.26. The first-order valence-corrected chi connectivity index (χ1v) is 8.22. The van der Waals surface area contributed by atoms with Crippen LogP contribution in [0.5, 0.6) is 0 Å². The summed E-state index contributed by atoms with van der Waals surface area (Å²) >= 11 is 0. The molecule has 3 rings (SSSR count). The highest BCUT2D eigenvalue weighted by Crippen LogP contribution is 2.38. The molecule has 1 aromatic heterocycles. The van der Waals surface area contributed by atoms with Crippen LogP contribution >= 0.6 is 0 Å². The van der Waals surface area contributed by atoms with Gasteiger partial charge >= 0.3 is 0 Å². The highest BCUT2D eigenvalue weighted by atomic mass is 16.5. The second-order valence-corrected chi connectivity index (χ2v) is 7.51. The predicted octanol–water partition coefficient (Wildman–Crippen LogP) is 3.61. The molecule has 2 unspecified atom stereocenters. The summed E-state index contributed by atoms with van der Waals surface area (Å²) in [4.78, 5) is 9.02. The summed E-state index contributed by atoms with van der Waals surface area (Å²) in [6, 6.07) is 1.97. The SMILES string of the molecule is CC(C)(C)C1OCCCC1CNc1ccnc(C2CC2)n1. The molecule has 0 radical (unpaired) electrons. The predicted molar refractivity (Wildman–Crippen MR) is 84.4 cm³/mol. The summed E-state index contributed by atoms with van der Waals surface area (Å²) in [5, 5.41) is 3.51. The Morgan fingerprint density at radius 2 is 2.10 bits per heavy atom. The monoisotopic (exact) mass is 289 g/mol. The average Bonchev–Trinajstić information content (AvgIpc) is 3.29. The third-order valence-electron chi connectivity index (χ3n) is 4.46. The van der Waals surface area contributed by atoms with Crippen LogP contribution in [0.2, 0.25) is 0 Å². The minimum Gasteiger partial charge on any atom is -0.377 e. The van der Waals surface area contributed by atoms with Crippen molar-refractivity contribution in [3.8, 4) is 0 Å². The maximum Gasteiger partial charge on any atom is 0.133 e. The van der Waals surface area contributed by atoms with E-state index in [9.17, 15) is 0 Å². The summed E-state index contributed by atoms with van der Waals surface area (Å²) in [6.45, 7) is 8.64. The lowest BCUT2D eigenvalue weighted by atomic mass is 9.78. The molecule has 1 saturated carbocycles. The topological polar surface area (TPSA) is 47.0 Å². The number of nitrogens with one attached hydrogen (secondary N) is 1. The molecular formula is C17H27N3O. The second-order valence-electron chi connectivity index (χ2n) is 7.51. The first kappa shape index (κ1) is 14.8. The molecule has 4 nitrogen and oxygen atoms in total. The summed E-state index contributed by atoms with van der Waals surface area (Å²) in [7, 11) is 0. The van der Waals surface area contributed by atoms with E-state index >= 15 is 0 Å². The fraction of sp³-hybridized carbons (Fsp3) is 0.765. The van der Waals surface area contributed by atoms with E-state index in [0.717, 1.165) is 31.2 Å². The van der Waals surface area contributed by atoms with Crippen molar-refractivity contribution in [3.05, 3.63) is 18.1 Å². The maximum atomic E-state index is 6.04. The Kier molecular flexibility index (Phi) is 4.16. The fourth-order valence-electron chi connectivity index (χ4n) is 3.26. The molecule has 2 atom stereocenters. The number of anilines is 1. The van der Waals surface area contributed by atoms with E-state index in [1.165, 1.54) is 19.3 Å². The number of nitrogens with zero attached hydrogens (tertiary/aromatic N) is 2. The molecule has 1 saturated heterocycles. The van der Waals surface area contributed by atoms with E-state index in [0.29, 0.717) is 17.9 Å². The van der Waals surface area contributed by atoms with Gasteiger partial charge in [-0.3, -0.25) is 0 Å². The van der Waals surface area contributed by atoms with Crippen molar-refractivity contribution in [2.24, 2.45) is 11.3 Å². The average molecular weight is 289 g/mol. The lowest BCUT2D eigenvalue weighted by Gasteiger charge is -2.40. The molecule has 0 aromatic carbocycles. The first-order valence-electron chi connectivity index (χ1n) is 8.22. The van der Waals surface area contributed by atoms with E-state index in [2.05, 4.69) is 36.1 Å². The van der Waals surface area contributed by atoms with Crippen molar-refractivity contribution in [1.29, 1.82) is 0 Å². The van der Waals surface area contributed by atoms with E-state index < -0.39 is 0 Å². The van der Waals surface area contributed by atoms with Crippen LogP contribution in [0.1, 0.15) is 58.2 Å². The largest absolute Gasteiger partial charge is 0.377 e. The molecule has 2 aliphatic rings. The maximum absolute atomic E-state index is 6.04. The van der Waals surface area contributed by atoms with Gasteiger partial charge in [0.1, 0.15) is 11.6 Å². The Morgan fingerprint density at radius 1 is 1.29 bits per heavy atom. The summed E-state index contributed by atoms with van der Waals surface area (Å²) in [5.41, 5.74) is 0.192.